The van der Waals surface area contributed by atoms with E-state index < -0.39 is 40.7 Å². The molecule has 0 saturated carbocycles. The molecule has 1 aromatic carbocycles. The van der Waals surface area contributed by atoms with Crippen molar-refractivity contribution in [2.45, 2.75) is 116 Å². The van der Waals surface area contributed by atoms with Gasteiger partial charge in [-0.1, -0.05) is 71.9 Å². The molecule has 0 aromatic heterocycles. The van der Waals surface area contributed by atoms with E-state index in [2.05, 4.69) is 31.4 Å². The van der Waals surface area contributed by atoms with Crippen molar-refractivity contribution < 1.29 is 24.2 Å². The predicted molar refractivity (Wildman–Crippen MR) is 154 cm³/mol. The first-order valence-electron chi connectivity index (χ1n) is 14.9. The van der Waals surface area contributed by atoms with Crippen LogP contribution in [-0.4, -0.2) is 63.2 Å². The number of ether oxygens (including phenoxy) is 1. The van der Waals surface area contributed by atoms with Crippen molar-refractivity contribution in [3.63, 3.8) is 0 Å². The van der Waals surface area contributed by atoms with Gasteiger partial charge in [0.1, 0.15) is 11.6 Å². The highest BCUT2D eigenvalue weighted by molar-refractivity contribution is 5.99. The van der Waals surface area contributed by atoms with Gasteiger partial charge in [0.2, 0.25) is 17.7 Å². The molecule has 40 heavy (non-hydrogen) atoms. The third kappa shape index (κ3) is 5.29. The van der Waals surface area contributed by atoms with Gasteiger partial charge in [0, 0.05) is 12.1 Å². The Morgan fingerprint density at radius 1 is 1.10 bits per heavy atom. The number of likely N-dealkylation sites (tertiary alicyclic amines) is 1. The van der Waals surface area contributed by atoms with E-state index in [-0.39, 0.29) is 35.7 Å². The molecule has 8 nitrogen and oxygen atoms in total. The molecule has 3 aliphatic heterocycles. The number of rotatable bonds is 10. The number of hydrogen-bond donors (Lipinski definition) is 3. The Morgan fingerprint density at radius 3 is 2.30 bits per heavy atom. The van der Waals surface area contributed by atoms with Gasteiger partial charge in [0.25, 0.3) is 0 Å². The van der Waals surface area contributed by atoms with Crippen molar-refractivity contribution in [2.24, 2.45) is 23.2 Å². The van der Waals surface area contributed by atoms with Crippen LogP contribution >= 0.6 is 0 Å². The molecule has 2 bridgehead atoms. The second-order valence-electron chi connectivity index (χ2n) is 14.4. The summed E-state index contributed by atoms with van der Waals surface area (Å²) in [6, 6.07) is 8.18. The number of fused-ring (bicyclic) bond motifs is 1. The Kier molecular flexibility index (Phi) is 8.20. The molecule has 8 heteroatoms. The number of hydrogen-bond acceptors (Lipinski definition) is 5. The molecule has 3 heterocycles. The number of amides is 3. The maximum absolute atomic E-state index is 14.4. The van der Waals surface area contributed by atoms with Crippen LogP contribution in [0, 0.1) is 23.2 Å². The fraction of sp³-hybridized carbons (Fsp3) is 0.719. The average Bonchev–Trinajstić information content (AvgIpc) is 3.45. The quantitative estimate of drug-likeness (QED) is 0.407. The molecule has 0 aliphatic carbocycles. The first-order valence-corrected chi connectivity index (χ1v) is 14.9. The maximum Gasteiger partial charge on any atom is 0.246 e. The standard InChI is InChI=1S/C32H49N3O5/c1-9-31-15-16-32(40-31)24(23(31)26(37)33-17-21-13-11-10-12-14-21)28(39)35(22(18-36)20(2)3)25(32)27(38)34-30(7,8)19-29(4,5)6/h10-14,20,22-25,36H,9,15-19H2,1-8H3,(H,33,37)(H,34,38)/t22-,23+,24-,25?,31-,32?/m0/s1. The molecule has 1 spiro atoms. The van der Waals surface area contributed by atoms with Crippen molar-refractivity contribution in [2.75, 3.05) is 6.61 Å². The van der Waals surface area contributed by atoms with E-state index in [0.717, 1.165) is 12.0 Å². The number of nitrogens with zero attached hydrogens (tertiary/aromatic N) is 1. The van der Waals surface area contributed by atoms with Gasteiger partial charge in [-0.2, -0.15) is 0 Å². The zero-order valence-corrected chi connectivity index (χ0v) is 25.5. The van der Waals surface area contributed by atoms with E-state index in [9.17, 15) is 19.5 Å². The largest absolute Gasteiger partial charge is 0.394 e. The summed E-state index contributed by atoms with van der Waals surface area (Å²) in [5.41, 5.74) is -1.51. The number of carbonyl (C=O) groups excluding carboxylic acids is 3. The number of aliphatic hydroxyl groups is 1. The van der Waals surface area contributed by atoms with Gasteiger partial charge in [-0.15, -0.1) is 0 Å². The van der Waals surface area contributed by atoms with Gasteiger partial charge in [0.05, 0.1) is 30.1 Å². The Labute approximate surface area is 239 Å². The molecule has 2 unspecified atom stereocenters. The van der Waals surface area contributed by atoms with E-state index in [1.165, 1.54) is 0 Å². The summed E-state index contributed by atoms with van der Waals surface area (Å²) >= 11 is 0. The maximum atomic E-state index is 14.4. The smallest absolute Gasteiger partial charge is 0.246 e. The van der Waals surface area contributed by atoms with Crippen molar-refractivity contribution in [1.29, 1.82) is 0 Å². The number of aliphatic hydroxyl groups excluding tert-OH is 1. The van der Waals surface area contributed by atoms with E-state index in [1.54, 1.807) is 4.90 Å². The predicted octanol–water partition coefficient (Wildman–Crippen LogP) is 3.81. The summed E-state index contributed by atoms with van der Waals surface area (Å²) in [6.45, 7) is 16.3. The highest BCUT2D eigenvalue weighted by Gasteiger charge is 2.79. The number of carbonyl (C=O) groups is 3. The van der Waals surface area contributed by atoms with Crippen molar-refractivity contribution in [3.8, 4) is 0 Å². The van der Waals surface area contributed by atoms with E-state index in [0.29, 0.717) is 25.8 Å². The van der Waals surface area contributed by atoms with Crippen LogP contribution in [0.25, 0.3) is 0 Å². The lowest BCUT2D eigenvalue weighted by Crippen LogP contribution is -2.62. The Balaban J connectivity index is 1.73. The Bertz CT molecular complexity index is 1110. The SMILES string of the molecule is CC[C@@]12CCC3(O1)C(C(=O)NC(C)(C)CC(C)(C)C)N([C@@H](CO)C(C)C)C(=O)[C@@H]3[C@@H]2C(=O)NCc1ccccc1. The third-order valence-corrected chi connectivity index (χ3v) is 9.21. The number of benzene rings is 1. The average molecular weight is 556 g/mol. The lowest BCUT2D eigenvalue weighted by Gasteiger charge is -2.41. The number of nitrogens with one attached hydrogen (secondary N) is 2. The summed E-state index contributed by atoms with van der Waals surface area (Å²) in [6.07, 6.45) is 2.43. The summed E-state index contributed by atoms with van der Waals surface area (Å²) in [7, 11) is 0. The summed E-state index contributed by atoms with van der Waals surface area (Å²) < 4.78 is 6.86. The second-order valence-corrected chi connectivity index (χ2v) is 14.4. The first kappa shape index (κ1) is 30.5. The van der Waals surface area contributed by atoms with Crippen LogP contribution in [0.15, 0.2) is 30.3 Å². The van der Waals surface area contributed by atoms with Crippen LogP contribution in [0.4, 0.5) is 0 Å². The van der Waals surface area contributed by atoms with Gasteiger partial charge < -0.3 is 25.4 Å². The second kappa shape index (κ2) is 10.8. The lowest BCUT2D eigenvalue weighted by molar-refractivity contribution is -0.153. The zero-order valence-electron chi connectivity index (χ0n) is 25.5. The highest BCUT2D eigenvalue weighted by Crippen LogP contribution is 2.64. The van der Waals surface area contributed by atoms with Crippen LogP contribution in [0.1, 0.15) is 86.6 Å². The van der Waals surface area contributed by atoms with E-state index in [1.807, 2.05) is 65.0 Å². The van der Waals surface area contributed by atoms with Crippen LogP contribution in [-0.2, 0) is 25.7 Å². The lowest BCUT2D eigenvalue weighted by atomic mass is 9.65. The topological polar surface area (TPSA) is 108 Å². The van der Waals surface area contributed by atoms with Crippen LogP contribution in [0.3, 0.4) is 0 Å². The normalized spacial score (nSPS) is 30.5. The minimum atomic E-state index is -1.12. The molecular weight excluding hydrogens is 506 g/mol. The first-order chi connectivity index (χ1) is 18.6. The van der Waals surface area contributed by atoms with Gasteiger partial charge in [-0.3, -0.25) is 14.4 Å². The van der Waals surface area contributed by atoms with Crippen molar-refractivity contribution in [3.05, 3.63) is 35.9 Å². The van der Waals surface area contributed by atoms with Gasteiger partial charge >= 0.3 is 0 Å². The van der Waals surface area contributed by atoms with Crippen LogP contribution < -0.4 is 10.6 Å². The Morgan fingerprint density at radius 2 is 1.75 bits per heavy atom. The molecule has 6 atom stereocenters. The monoisotopic (exact) mass is 555 g/mol. The summed E-state index contributed by atoms with van der Waals surface area (Å²) in [5, 5.41) is 16.7. The van der Waals surface area contributed by atoms with Crippen LogP contribution in [0.2, 0.25) is 0 Å². The zero-order chi connectivity index (χ0) is 29.7. The Hall–Kier alpha value is -2.45. The highest BCUT2D eigenvalue weighted by atomic mass is 16.5. The van der Waals surface area contributed by atoms with Crippen molar-refractivity contribution in [1.82, 2.24) is 15.5 Å². The fourth-order valence-electron chi connectivity index (χ4n) is 8.00. The minimum Gasteiger partial charge on any atom is -0.394 e. The summed E-state index contributed by atoms with van der Waals surface area (Å²) in [4.78, 5) is 44.1. The van der Waals surface area contributed by atoms with Gasteiger partial charge in [-0.25, -0.2) is 0 Å². The third-order valence-electron chi connectivity index (χ3n) is 9.21. The molecule has 3 N–H and O–H groups in total. The molecule has 3 amide bonds. The van der Waals surface area contributed by atoms with E-state index in [4.69, 9.17) is 4.74 Å². The van der Waals surface area contributed by atoms with Crippen molar-refractivity contribution >= 4 is 17.7 Å². The summed E-state index contributed by atoms with van der Waals surface area (Å²) in [5.74, 6) is -2.35. The minimum absolute atomic E-state index is 0.0229. The molecule has 3 saturated heterocycles. The van der Waals surface area contributed by atoms with Crippen LogP contribution in [0.5, 0.6) is 0 Å². The molecular formula is C32H49N3O5. The molecule has 4 rings (SSSR count). The van der Waals surface area contributed by atoms with Gasteiger partial charge in [-0.05, 0) is 56.4 Å². The molecule has 1 aromatic rings. The molecule has 0 radical (unpaired) electrons. The molecule has 3 fully saturated rings. The van der Waals surface area contributed by atoms with Gasteiger partial charge in [0.15, 0.2) is 0 Å². The van der Waals surface area contributed by atoms with E-state index >= 15 is 0 Å². The molecule has 3 aliphatic rings. The molecule has 222 valence electrons. The fourth-order valence-corrected chi connectivity index (χ4v) is 8.00.